The Bertz CT molecular complexity index is 1180. The molecule has 6 fully saturated rings. The molecule has 4 saturated heterocycles. The smallest absolute Gasteiger partial charge is 0.335 e. The van der Waals surface area contributed by atoms with Crippen LogP contribution in [0.5, 0.6) is 0 Å². The molecule has 6 aliphatic rings. The monoisotopic (exact) mass is 724 g/mol. The van der Waals surface area contributed by atoms with Crippen LogP contribution in [-0.2, 0) is 42.7 Å². The van der Waals surface area contributed by atoms with Crippen molar-refractivity contribution < 1.29 is 93.8 Å². The summed E-state index contributed by atoms with van der Waals surface area (Å²) in [6.45, 7) is -1.40. The van der Waals surface area contributed by atoms with Crippen LogP contribution in [0.1, 0.15) is 44.9 Å². The van der Waals surface area contributed by atoms with E-state index in [0.29, 0.717) is 6.42 Å². The van der Waals surface area contributed by atoms with Crippen molar-refractivity contribution in [2.24, 2.45) is 11.8 Å². The number of aliphatic hydroxyl groups is 10. The second-order valence-electron chi connectivity index (χ2n) is 14.3. The number of esters is 2. The van der Waals surface area contributed by atoms with Gasteiger partial charge in [0.15, 0.2) is 18.7 Å². The van der Waals surface area contributed by atoms with Gasteiger partial charge in [0, 0.05) is 12.3 Å². The molecule has 0 aromatic rings. The first-order valence-corrected chi connectivity index (χ1v) is 17.1. The van der Waals surface area contributed by atoms with Crippen molar-refractivity contribution in [3.63, 3.8) is 0 Å². The Balaban J connectivity index is 1.31. The summed E-state index contributed by atoms with van der Waals surface area (Å²) < 4.78 is 40.6. The molecule has 0 radical (unpaired) electrons. The van der Waals surface area contributed by atoms with E-state index < -0.39 is 148 Å². The lowest BCUT2D eigenvalue weighted by Crippen LogP contribution is -2.63. The summed E-state index contributed by atoms with van der Waals surface area (Å²) in [6, 6.07) is 0. The zero-order valence-electron chi connectivity index (χ0n) is 27.1. The first-order chi connectivity index (χ1) is 23.7. The minimum Gasteiger partial charge on any atom is -0.463 e. The van der Waals surface area contributed by atoms with Gasteiger partial charge in [-0.15, -0.1) is 0 Å². The third-order valence-electron chi connectivity index (χ3n) is 10.8. The Morgan fingerprint density at radius 1 is 0.500 bits per heavy atom. The number of aliphatic hydroxyl groups excluding tert-OH is 10. The third kappa shape index (κ3) is 7.97. The van der Waals surface area contributed by atoms with Crippen LogP contribution >= 0.6 is 0 Å². The molecule has 4 heterocycles. The predicted molar refractivity (Wildman–Crippen MR) is 157 cm³/mol. The van der Waals surface area contributed by atoms with Crippen molar-refractivity contribution in [2.45, 2.75) is 155 Å². The van der Waals surface area contributed by atoms with E-state index >= 15 is 0 Å². The molecule has 286 valence electrons. The Morgan fingerprint density at radius 2 is 1.04 bits per heavy atom. The molecule has 6 bridgehead atoms. The molecule has 0 spiro atoms. The van der Waals surface area contributed by atoms with Crippen molar-refractivity contribution in [1.82, 2.24) is 0 Å². The van der Waals surface area contributed by atoms with Gasteiger partial charge in [0.05, 0.1) is 49.1 Å². The average molecular weight is 725 g/mol. The van der Waals surface area contributed by atoms with Crippen LogP contribution in [0.4, 0.5) is 0 Å². The first-order valence-electron chi connectivity index (χ1n) is 17.1. The summed E-state index contributed by atoms with van der Waals surface area (Å²) in [7, 11) is 0. The number of hydrogen-bond acceptors (Lipinski definition) is 19. The molecule has 20 atom stereocenters. The molecule has 6 rings (SSSR count). The van der Waals surface area contributed by atoms with Crippen LogP contribution in [-0.4, -0.2) is 186 Å². The fourth-order valence-electron chi connectivity index (χ4n) is 7.95. The maximum Gasteiger partial charge on any atom is 0.335 e. The van der Waals surface area contributed by atoms with Gasteiger partial charge in [-0.2, -0.15) is 0 Å². The fraction of sp³-hybridized carbons (Fsp3) is 0.935. The van der Waals surface area contributed by atoms with Crippen LogP contribution in [0, 0.1) is 11.8 Å². The number of hydrogen-bond donors (Lipinski definition) is 10. The molecule has 9 unspecified atom stereocenters. The van der Waals surface area contributed by atoms with Crippen molar-refractivity contribution in [3.05, 3.63) is 0 Å². The normalized spacial score (nSPS) is 52.7. The number of fused-ring (bicyclic) bond motifs is 5. The molecule has 19 heteroatoms. The van der Waals surface area contributed by atoms with Crippen molar-refractivity contribution >= 4 is 11.9 Å². The maximum atomic E-state index is 12.5. The number of carbonyl (C=O) groups is 2. The summed E-state index contributed by atoms with van der Waals surface area (Å²) in [4.78, 5) is 24.9. The molecule has 0 amide bonds. The van der Waals surface area contributed by atoms with E-state index in [-0.39, 0.29) is 38.0 Å². The van der Waals surface area contributed by atoms with Crippen LogP contribution in [0.3, 0.4) is 0 Å². The topological polar surface area (TPSA) is 301 Å². The molecule has 0 aromatic carbocycles. The molecule has 10 N–H and O–H groups in total. The minimum atomic E-state index is -2.03. The van der Waals surface area contributed by atoms with Crippen LogP contribution in [0.15, 0.2) is 0 Å². The van der Waals surface area contributed by atoms with E-state index in [1.165, 1.54) is 0 Å². The minimum absolute atomic E-state index is 0.0220. The number of rotatable bonds is 1. The standard InChI is InChI=1S/C31H48O19/c32-11-4-16-12-6-18(28(46-16)10-1-2-13(33)14(34)3-10)48-31-27(42)24(39)22(37)19(49-31)8-44-21(36)7-15(35)29(43)45-9-20-23(38)25(40)26(41)30(50-20)47-17(12)5-11/h10-20,22-28,30-35,37-42H,1-9H2/t10?,11?,12?,13?,14?,15-,16?,17?,18?,19+,20+,22+,23+,24-,25-,26+,27+,28?,30+,31+/m0/s1. The molecule has 2 aliphatic carbocycles. The van der Waals surface area contributed by atoms with E-state index in [2.05, 4.69) is 0 Å². The van der Waals surface area contributed by atoms with Gasteiger partial charge in [0.2, 0.25) is 0 Å². The lowest BCUT2D eigenvalue weighted by molar-refractivity contribution is -0.345. The second-order valence-corrected chi connectivity index (χ2v) is 14.3. The van der Waals surface area contributed by atoms with Gasteiger partial charge < -0.3 is 84.2 Å². The highest BCUT2D eigenvalue weighted by molar-refractivity contribution is 5.81. The van der Waals surface area contributed by atoms with Crippen LogP contribution in [0.25, 0.3) is 0 Å². The first kappa shape index (κ1) is 38.1. The highest BCUT2D eigenvalue weighted by atomic mass is 16.7. The Hall–Kier alpha value is -1.66. The second kappa shape index (κ2) is 15.7. The van der Waals surface area contributed by atoms with Gasteiger partial charge in [-0.1, -0.05) is 0 Å². The van der Waals surface area contributed by atoms with Gasteiger partial charge in [-0.05, 0) is 38.0 Å². The SMILES string of the molecule is O=C1C[C@H](O)C(=O)OC[C@H]2O[C@@H](OC3CC(O)CC4OC(C5CCC(O)C(O)C5)C(CC43)O[C@@H]3O[C@H](CO1)[C@@H](O)[C@H](O)[C@H]3O)[C@H](O)[C@@H](O)[C@@H]2O. The van der Waals surface area contributed by atoms with E-state index in [0.717, 1.165) is 0 Å². The van der Waals surface area contributed by atoms with E-state index in [1.54, 1.807) is 0 Å². The van der Waals surface area contributed by atoms with Crippen molar-refractivity contribution in [1.29, 1.82) is 0 Å². The van der Waals surface area contributed by atoms with Crippen molar-refractivity contribution in [2.75, 3.05) is 13.2 Å². The predicted octanol–water partition coefficient (Wildman–Crippen LogP) is -5.33. The van der Waals surface area contributed by atoms with Crippen LogP contribution < -0.4 is 0 Å². The highest BCUT2D eigenvalue weighted by Crippen LogP contribution is 2.45. The fourth-order valence-corrected chi connectivity index (χ4v) is 7.95. The summed E-state index contributed by atoms with van der Waals surface area (Å²) in [6.07, 6.45) is -24.8. The summed E-state index contributed by atoms with van der Waals surface area (Å²) in [5, 5.41) is 106. The van der Waals surface area contributed by atoms with E-state index in [1.807, 2.05) is 0 Å². The van der Waals surface area contributed by atoms with E-state index in [4.69, 9.17) is 33.2 Å². The molecule has 19 nitrogen and oxygen atoms in total. The third-order valence-corrected chi connectivity index (χ3v) is 10.8. The van der Waals surface area contributed by atoms with Gasteiger partial charge in [0.25, 0.3) is 0 Å². The lowest BCUT2D eigenvalue weighted by Gasteiger charge is -2.52. The van der Waals surface area contributed by atoms with Gasteiger partial charge in [-0.3, -0.25) is 4.79 Å². The molecule has 2 saturated carbocycles. The number of ether oxygens (including phenoxy) is 7. The molecule has 50 heavy (non-hydrogen) atoms. The summed E-state index contributed by atoms with van der Waals surface area (Å²) in [5.74, 6) is -3.37. The molecular weight excluding hydrogens is 676 g/mol. The molecular formula is C31H48O19. The summed E-state index contributed by atoms with van der Waals surface area (Å²) >= 11 is 0. The quantitative estimate of drug-likeness (QED) is 0.113. The largest absolute Gasteiger partial charge is 0.463 e. The van der Waals surface area contributed by atoms with Gasteiger partial charge >= 0.3 is 11.9 Å². The molecule has 0 aromatic heterocycles. The zero-order chi connectivity index (χ0) is 36.0. The number of carbonyl (C=O) groups excluding carboxylic acids is 2. The van der Waals surface area contributed by atoms with Crippen LogP contribution in [0.2, 0.25) is 0 Å². The van der Waals surface area contributed by atoms with Gasteiger partial charge in [0.1, 0.15) is 62.0 Å². The maximum absolute atomic E-state index is 12.5. The zero-order valence-corrected chi connectivity index (χ0v) is 27.1. The van der Waals surface area contributed by atoms with E-state index in [9.17, 15) is 60.7 Å². The van der Waals surface area contributed by atoms with Crippen molar-refractivity contribution in [3.8, 4) is 0 Å². The molecule has 4 aliphatic heterocycles. The highest BCUT2D eigenvalue weighted by Gasteiger charge is 2.54. The lowest BCUT2D eigenvalue weighted by atomic mass is 9.72. The summed E-state index contributed by atoms with van der Waals surface area (Å²) in [5.41, 5.74) is 0. The Kier molecular flexibility index (Phi) is 12.0. The number of cyclic esters (lactones) is 2. The van der Waals surface area contributed by atoms with Gasteiger partial charge in [-0.25, -0.2) is 4.79 Å². The average Bonchev–Trinajstić information content (AvgIpc) is 3.08. The Labute approximate surface area is 286 Å². The Morgan fingerprint density at radius 3 is 1.64 bits per heavy atom.